The SMILES string of the molecule is Nc1nc(C(F)F)c(CCl)cc1Br. The summed E-state index contributed by atoms with van der Waals surface area (Å²) in [6.07, 6.45) is -2.65. The predicted molar refractivity (Wildman–Crippen MR) is 50.9 cm³/mol. The highest BCUT2D eigenvalue weighted by atomic mass is 79.9. The van der Waals surface area contributed by atoms with Gasteiger partial charge in [0.05, 0.1) is 4.47 Å². The molecule has 1 rings (SSSR count). The molecular weight excluding hydrogens is 265 g/mol. The van der Waals surface area contributed by atoms with Crippen LogP contribution in [0.4, 0.5) is 14.6 Å². The Kier molecular flexibility index (Phi) is 3.44. The number of alkyl halides is 3. The Labute approximate surface area is 87.2 Å². The maximum absolute atomic E-state index is 12.3. The summed E-state index contributed by atoms with van der Waals surface area (Å²) in [5, 5.41) is 0. The summed E-state index contributed by atoms with van der Waals surface area (Å²) in [5.74, 6) is 0.0371. The largest absolute Gasteiger partial charge is 0.383 e. The summed E-state index contributed by atoms with van der Waals surface area (Å²) in [7, 11) is 0. The number of nitrogen functional groups attached to an aromatic ring is 1. The van der Waals surface area contributed by atoms with Gasteiger partial charge in [0.2, 0.25) is 0 Å². The van der Waals surface area contributed by atoms with Crippen LogP contribution in [-0.4, -0.2) is 4.98 Å². The van der Waals surface area contributed by atoms with Crippen LogP contribution in [0.25, 0.3) is 0 Å². The van der Waals surface area contributed by atoms with E-state index in [4.69, 9.17) is 17.3 Å². The van der Waals surface area contributed by atoms with Gasteiger partial charge in [0.15, 0.2) is 0 Å². The Morgan fingerprint density at radius 1 is 1.62 bits per heavy atom. The maximum atomic E-state index is 12.3. The van der Waals surface area contributed by atoms with Crippen LogP contribution >= 0.6 is 27.5 Å². The molecular formula is C7H6BrClF2N2. The van der Waals surface area contributed by atoms with Crippen molar-refractivity contribution in [2.75, 3.05) is 5.73 Å². The zero-order chi connectivity index (χ0) is 10.0. The predicted octanol–water partition coefficient (Wildman–Crippen LogP) is 3.10. The van der Waals surface area contributed by atoms with Crippen molar-refractivity contribution in [1.29, 1.82) is 0 Å². The number of rotatable bonds is 2. The van der Waals surface area contributed by atoms with Crippen molar-refractivity contribution >= 4 is 33.3 Å². The first-order chi connectivity index (χ1) is 6.06. The van der Waals surface area contributed by atoms with Gasteiger partial charge in [-0.1, -0.05) is 0 Å². The smallest absolute Gasteiger partial charge is 0.280 e. The number of halogens is 4. The number of anilines is 1. The molecule has 0 saturated heterocycles. The van der Waals surface area contributed by atoms with Crippen molar-refractivity contribution in [2.24, 2.45) is 0 Å². The molecule has 0 atom stereocenters. The first kappa shape index (κ1) is 10.7. The minimum absolute atomic E-state index is 0.00838. The van der Waals surface area contributed by atoms with Crippen LogP contribution in [0.1, 0.15) is 17.7 Å². The monoisotopic (exact) mass is 270 g/mol. The lowest BCUT2D eigenvalue weighted by Crippen LogP contribution is -2.01. The molecule has 1 aromatic rings. The molecule has 0 aliphatic carbocycles. The highest BCUT2D eigenvalue weighted by molar-refractivity contribution is 9.10. The van der Waals surface area contributed by atoms with E-state index < -0.39 is 6.43 Å². The van der Waals surface area contributed by atoms with E-state index in [-0.39, 0.29) is 23.0 Å². The molecule has 0 amide bonds. The van der Waals surface area contributed by atoms with E-state index in [1.807, 2.05) is 0 Å². The van der Waals surface area contributed by atoms with Gasteiger partial charge in [-0.2, -0.15) is 0 Å². The molecule has 72 valence electrons. The third kappa shape index (κ3) is 2.28. The summed E-state index contributed by atoms with van der Waals surface area (Å²) in [6, 6.07) is 1.46. The highest BCUT2D eigenvalue weighted by Crippen LogP contribution is 2.28. The number of nitrogens with zero attached hydrogens (tertiary/aromatic N) is 1. The fourth-order valence-corrected chi connectivity index (χ4v) is 1.43. The second kappa shape index (κ2) is 4.19. The van der Waals surface area contributed by atoms with Crippen molar-refractivity contribution in [3.8, 4) is 0 Å². The Bertz CT molecular complexity index is 320. The van der Waals surface area contributed by atoms with Crippen LogP contribution in [0.5, 0.6) is 0 Å². The topological polar surface area (TPSA) is 38.9 Å². The summed E-state index contributed by atoms with van der Waals surface area (Å²) < 4.78 is 25.1. The van der Waals surface area contributed by atoms with Crippen LogP contribution in [0.2, 0.25) is 0 Å². The number of aromatic nitrogens is 1. The Morgan fingerprint density at radius 2 is 2.23 bits per heavy atom. The first-order valence-corrected chi connectivity index (χ1v) is 4.68. The lowest BCUT2D eigenvalue weighted by atomic mass is 10.2. The molecule has 0 bridgehead atoms. The fourth-order valence-electron chi connectivity index (χ4n) is 0.852. The molecule has 2 N–H and O–H groups in total. The first-order valence-electron chi connectivity index (χ1n) is 3.35. The molecule has 0 unspecified atom stereocenters. The van der Waals surface area contributed by atoms with E-state index in [0.717, 1.165) is 0 Å². The standard InChI is InChI=1S/C7H6BrClF2N2/c8-4-1-3(2-9)5(6(10)11)13-7(4)12/h1,6H,2H2,(H2,12,13). The molecule has 1 aromatic heterocycles. The van der Waals surface area contributed by atoms with Crippen LogP contribution in [-0.2, 0) is 5.88 Å². The van der Waals surface area contributed by atoms with E-state index >= 15 is 0 Å². The van der Waals surface area contributed by atoms with Crippen molar-refractivity contribution in [2.45, 2.75) is 12.3 Å². The molecule has 0 radical (unpaired) electrons. The van der Waals surface area contributed by atoms with E-state index in [2.05, 4.69) is 20.9 Å². The van der Waals surface area contributed by atoms with Crippen molar-refractivity contribution in [3.05, 3.63) is 21.8 Å². The van der Waals surface area contributed by atoms with Gasteiger partial charge in [0.1, 0.15) is 11.5 Å². The van der Waals surface area contributed by atoms with E-state index in [9.17, 15) is 8.78 Å². The van der Waals surface area contributed by atoms with Crippen molar-refractivity contribution in [1.82, 2.24) is 4.98 Å². The third-order valence-electron chi connectivity index (χ3n) is 1.47. The Morgan fingerprint density at radius 3 is 2.69 bits per heavy atom. The Balaban J connectivity index is 3.25. The van der Waals surface area contributed by atoms with Gasteiger partial charge in [0.25, 0.3) is 6.43 Å². The third-order valence-corrected chi connectivity index (χ3v) is 2.39. The molecule has 0 aliphatic heterocycles. The molecule has 13 heavy (non-hydrogen) atoms. The van der Waals surface area contributed by atoms with Crippen LogP contribution in [0.15, 0.2) is 10.5 Å². The number of hydrogen-bond donors (Lipinski definition) is 1. The lowest BCUT2D eigenvalue weighted by Gasteiger charge is -2.07. The van der Waals surface area contributed by atoms with Crippen LogP contribution < -0.4 is 5.73 Å². The molecule has 1 heterocycles. The van der Waals surface area contributed by atoms with Crippen LogP contribution in [0.3, 0.4) is 0 Å². The summed E-state index contributed by atoms with van der Waals surface area (Å²) in [4.78, 5) is 3.54. The molecule has 2 nitrogen and oxygen atoms in total. The zero-order valence-corrected chi connectivity index (χ0v) is 8.74. The molecule has 0 spiro atoms. The number of pyridine rings is 1. The minimum Gasteiger partial charge on any atom is -0.383 e. The van der Waals surface area contributed by atoms with Gasteiger partial charge in [0, 0.05) is 5.88 Å². The van der Waals surface area contributed by atoms with Gasteiger partial charge in [-0.05, 0) is 27.6 Å². The second-order valence-electron chi connectivity index (χ2n) is 2.33. The average Bonchev–Trinajstić information content (AvgIpc) is 2.08. The number of nitrogens with two attached hydrogens (primary N) is 1. The number of hydrogen-bond acceptors (Lipinski definition) is 2. The normalized spacial score (nSPS) is 10.8. The van der Waals surface area contributed by atoms with E-state index in [0.29, 0.717) is 4.47 Å². The van der Waals surface area contributed by atoms with Gasteiger partial charge >= 0.3 is 0 Å². The maximum Gasteiger partial charge on any atom is 0.280 e. The van der Waals surface area contributed by atoms with Gasteiger partial charge < -0.3 is 5.73 Å². The lowest BCUT2D eigenvalue weighted by molar-refractivity contribution is 0.145. The van der Waals surface area contributed by atoms with Crippen LogP contribution in [0, 0.1) is 0 Å². The van der Waals surface area contributed by atoms with E-state index in [1.165, 1.54) is 6.07 Å². The highest BCUT2D eigenvalue weighted by Gasteiger charge is 2.16. The van der Waals surface area contributed by atoms with Gasteiger partial charge in [-0.25, -0.2) is 13.8 Å². The fraction of sp³-hybridized carbons (Fsp3) is 0.286. The zero-order valence-electron chi connectivity index (χ0n) is 6.40. The van der Waals surface area contributed by atoms with E-state index in [1.54, 1.807) is 0 Å². The van der Waals surface area contributed by atoms with Gasteiger partial charge in [-0.15, -0.1) is 11.6 Å². The summed E-state index contributed by atoms with van der Waals surface area (Å²) in [6.45, 7) is 0. The van der Waals surface area contributed by atoms with Crippen molar-refractivity contribution in [3.63, 3.8) is 0 Å². The average molecular weight is 271 g/mol. The molecule has 6 heteroatoms. The quantitative estimate of drug-likeness (QED) is 0.840. The Hall–Kier alpha value is -0.420. The summed E-state index contributed by atoms with van der Waals surface area (Å²) >= 11 is 8.54. The van der Waals surface area contributed by atoms with Crippen molar-refractivity contribution < 1.29 is 8.78 Å². The molecule has 0 aliphatic rings. The molecule has 0 aromatic carbocycles. The van der Waals surface area contributed by atoms with Gasteiger partial charge in [-0.3, -0.25) is 0 Å². The minimum atomic E-state index is -2.65. The summed E-state index contributed by atoms with van der Waals surface area (Å²) in [5.41, 5.74) is 5.29. The molecule has 0 fully saturated rings. The second-order valence-corrected chi connectivity index (χ2v) is 3.46. The molecule has 0 saturated carbocycles.